The smallest absolute Gasteiger partial charge is 0.314 e. The Hall–Kier alpha value is 0.469. The van der Waals surface area contributed by atoms with E-state index in [4.69, 9.17) is 5.11 Å². The molecule has 0 bridgehead atoms. The fraction of sp³-hybridized carbons (Fsp3) is 0.500. The molecule has 0 aliphatic heterocycles. The van der Waals surface area contributed by atoms with E-state index in [9.17, 15) is 4.79 Å². The molecule has 1 N–H and O–H groups in total. The number of carbonyl (C=O) groups is 1. The Morgan fingerprint density at radius 2 is 2.00 bits per heavy atom. The summed E-state index contributed by atoms with van der Waals surface area (Å²) in [6.07, 6.45) is 0. The molecule has 0 aromatic heterocycles. The van der Waals surface area contributed by atoms with E-state index in [0.29, 0.717) is 0 Å². The molecule has 0 fully saturated rings. The SMILES string of the molecule is O=C(O)CBr.[Mn]. The molecule has 0 atom stereocenters. The topological polar surface area (TPSA) is 37.3 Å². The van der Waals surface area contributed by atoms with Crippen LogP contribution < -0.4 is 0 Å². The van der Waals surface area contributed by atoms with Crippen LogP contribution >= 0.6 is 15.9 Å². The van der Waals surface area contributed by atoms with E-state index in [-0.39, 0.29) is 22.4 Å². The Labute approximate surface area is 54.5 Å². The van der Waals surface area contributed by atoms with Crippen molar-refractivity contribution >= 4 is 21.9 Å². The molecule has 0 heterocycles. The molecule has 0 saturated heterocycles. The van der Waals surface area contributed by atoms with E-state index in [1.807, 2.05) is 0 Å². The van der Waals surface area contributed by atoms with Gasteiger partial charge >= 0.3 is 5.97 Å². The van der Waals surface area contributed by atoms with Crippen LogP contribution in [0.15, 0.2) is 0 Å². The summed E-state index contributed by atoms with van der Waals surface area (Å²) in [7, 11) is 0. The van der Waals surface area contributed by atoms with E-state index in [2.05, 4.69) is 15.9 Å². The number of carboxylic acid groups (broad SMARTS) is 1. The maximum absolute atomic E-state index is 9.32. The number of halogens is 1. The van der Waals surface area contributed by atoms with Crippen molar-refractivity contribution in [1.29, 1.82) is 0 Å². The Balaban J connectivity index is 0. The van der Waals surface area contributed by atoms with Crippen molar-refractivity contribution in [3.63, 3.8) is 0 Å². The Morgan fingerprint density at radius 1 is 1.83 bits per heavy atom. The van der Waals surface area contributed by atoms with Crippen LogP contribution in [0.4, 0.5) is 0 Å². The first-order valence-electron chi connectivity index (χ1n) is 1.05. The number of carboxylic acids is 1. The predicted octanol–water partition coefficient (Wildman–Crippen LogP) is 0.463. The predicted molar refractivity (Wildman–Crippen MR) is 21.4 cm³/mol. The molecule has 1 radical (unpaired) electrons. The second-order valence-electron chi connectivity index (χ2n) is 0.527. The van der Waals surface area contributed by atoms with Crippen LogP contribution in [0.3, 0.4) is 0 Å². The molecule has 0 amide bonds. The van der Waals surface area contributed by atoms with Crippen LogP contribution in [0.1, 0.15) is 0 Å². The van der Waals surface area contributed by atoms with Gasteiger partial charge in [0.05, 0.1) is 0 Å². The summed E-state index contributed by atoms with van der Waals surface area (Å²) in [6, 6.07) is 0. The van der Waals surface area contributed by atoms with Crippen molar-refractivity contribution in [3.05, 3.63) is 0 Å². The third-order valence-electron chi connectivity index (χ3n) is 0.114. The second-order valence-corrected chi connectivity index (χ2v) is 1.09. The number of alkyl halides is 1. The van der Waals surface area contributed by atoms with Gasteiger partial charge < -0.3 is 5.11 Å². The van der Waals surface area contributed by atoms with Gasteiger partial charge in [0.2, 0.25) is 0 Å². The van der Waals surface area contributed by atoms with Crippen LogP contribution in [0, 0.1) is 0 Å². The summed E-state index contributed by atoms with van der Waals surface area (Å²) in [5.41, 5.74) is 0. The summed E-state index contributed by atoms with van der Waals surface area (Å²) in [4.78, 5) is 9.32. The monoisotopic (exact) mass is 193 g/mol. The third kappa shape index (κ3) is 8.82. The van der Waals surface area contributed by atoms with Gasteiger partial charge in [-0.05, 0) is 0 Å². The van der Waals surface area contributed by atoms with E-state index in [1.54, 1.807) is 0 Å². The molecule has 37 valence electrons. The van der Waals surface area contributed by atoms with Crippen LogP contribution in [0.5, 0.6) is 0 Å². The average Bonchev–Trinajstić information content (AvgIpc) is 1.38. The van der Waals surface area contributed by atoms with Gasteiger partial charge in [0, 0.05) is 17.1 Å². The zero-order valence-corrected chi connectivity index (χ0v) is 5.58. The minimum atomic E-state index is -0.829. The normalized spacial score (nSPS) is 6.17. The Morgan fingerprint density at radius 3 is 2.00 bits per heavy atom. The maximum atomic E-state index is 9.32. The molecule has 2 nitrogen and oxygen atoms in total. The van der Waals surface area contributed by atoms with E-state index in [0.717, 1.165) is 0 Å². The number of rotatable bonds is 1. The molecular formula is C2H3BrMnO2. The fourth-order valence-electron chi connectivity index (χ4n) is 0. The van der Waals surface area contributed by atoms with E-state index in [1.165, 1.54) is 0 Å². The van der Waals surface area contributed by atoms with Crippen LogP contribution in [-0.2, 0) is 21.9 Å². The molecule has 0 rings (SSSR count). The van der Waals surface area contributed by atoms with Gasteiger partial charge in [0.15, 0.2) is 0 Å². The second kappa shape index (κ2) is 5.47. The molecule has 0 unspecified atom stereocenters. The first-order chi connectivity index (χ1) is 2.27. The molecule has 4 heteroatoms. The molecule has 0 aliphatic carbocycles. The Kier molecular flexibility index (Phi) is 8.83. The van der Waals surface area contributed by atoms with Crippen molar-refractivity contribution in [2.24, 2.45) is 0 Å². The molecule has 0 saturated carbocycles. The molecular weight excluding hydrogens is 191 g/mol. The Bertz CT molecular complexity index is 46.8. The maximum Gasteiger partial charge on any atom is 0.314 e. The quantitative estimate of drug-likeness (QED) is 0.486. The fourth-order valence-corrected chi connectivity index (χ4v) is 0. The number of hydrogen-bond acceptors (Lipinski definition) is 1. The van der Waals surface area contributed by atoms with Crippen molar-refractivity contribution < 1.29 is 27.0 Å². The van der Waals surface area contributed by atoms with Crippen LogP contribution in [0.25, 0.3) is 0 Å². The van der Waals surface area contributed by atoms with Crippen molar-refractivity contribution in [1.82, 2.24) is 0 Å². The summed E-state index contributed by atoms with van der Waals surface area (Å²) in [6.45, 7) is 0. The van der Waals surface area contributed by atoms with E-state index < -0.39 is 5.97 Å². The van der Waals surface area contributed by atoms with Gasteiger partial charge in [-0.3, -0.25) is 4.79 Å². The number of aliphatic carboxylic acids is 1. The first kappa shape index (κ1) is 9.69. The summed E-state index contributed by atoms with van der Waals surface area (Å²) in [5.74, 6) is -0.829. The molecule has 0 aromatic rings. The summed E-state index contributed by atoms with van der Waals surface area (Å²) >= 11 is 2.71. The largest absolute Gasteiger partial charge is 0.481 e. The van der Waals surface area contributed by atoms with Gasteiger partial charge in [-0.25, -0.2) is 0 Å². The van der Waals surface area contributed by atoms with E-state index >= 15 is 0 Å². The zero-order chi connectivity index (χ0) is 4.28. The standard InChI is InChI=1S/C2H3BrO2.Mn/c3-1-2(4)5;/h1H2,(H,4,5);. The van der Waals surface area contributed by atoms with Gasteiger partial charge in [0.1, 0.15) is 5.33 Å². The minimum absolute atomic E-state index is 0. The molecule has 0 aliphatic rings. The van der Waals surface area contributed by atoms with Gasteiger partial charge in [-0.15, -0.1) is 0 Å². The minimum Gasteiger partial charge on any atom is -0.481 e. The average molecular weight is 194 g/mol. The van der Waals surface area contributed by atoms with Gasteiger partial charge in [0.25, 0.3) is 0 Å². The summed E-state index contributed by atoms with van der Waals surface area (Å²) in [5, 5.41) is 7.71. The van der Waals surface area contributed by atoms with Gasteiger partial charge in [-0.2, -0.15) is 0 Å². The molecule has 0 spiro atoms. The van der Waals surface area contributed by atoms with Crippen molar-refractivity contribution in [2.75, 3.05) is 5.33 Å². The van der Waals surface area contributed by atoms with Crippen molar-refractivity contribution in [2.45, 2.75) is 0 Å². The van der Waals surface area contributed by atoms with Gasteiger partial charge in [-0.1, -0.05) is 15.9 Å². The summed E-state index contributed by atoms with van der Waals surface area (Å²) < 4.78 is 0. The first-order valence-corrected chi connectivity index (χ1v) is 2.17. The number of hydrogen-bond donors (Lipinski definition) is 1. The zero-order valence-electron chi connectivity index (χ0n) is 2.82. The van der Waals surface area contributed by atoms with Crippen molar-refractivity contribution in [3.8, 4) is 0 Å². The van der Waals surface area contributed by atoms with Crippen LogP contribution in [0.2, 0.25) is 0 Å². The molecule has 0 aromatic carbocycles. The third-order valence-corrected chi connectivity index (χ3v) is 0.594. The van der Waals surface area contributed by atoms with Crippen LogP contribution in [-0.4, -0.2) is 16.4 Å². The molecule has 6 heavy (non-hydrogen) atoms.